The van der Waals surface area contributed by atoms with Crippen molar-refractivity contribution in [3.05, 3.63) is 23.5 Å². The minimum Gasteiger partial charge on any atom is -0.364 e. The van der Waals surface area contributed by atoms with E-state index in [4.69, 9.17) is 0 Å². The molecule has 34 heavy (non-hydrogen) atoms. The molecule has 0 unspecified atom stereocenters. The summed E-state index contributed by atoms with van der Waals surface area (Å²) in [5.74, 6) is 0.468. The second-order valence-electron chi connectivity index (χ2n) is 8.67. The molecule has 0 spiro atoms. The Morgan fingerprint density at radius 3 is 2.74 bits per heavy atom. The molecule has 3 aromatic heterocycles. The van der Waals surface area contributed by atoms with Crippen LogP contribution >= 0.6 is 23.3 Å². The van der Waals surface area contributed by atoms with Crippen LogP contribution in [-0.2, 0) is 0 Å². The van der Waals surface area contributed by atoms with E-state index in [0.717, 1.165) is 40.3 Å². The van der Waals surface area contributed by atoms with Gasteiger partial charge in [-0.3, -0.25) is 13.5 Å². The van der Waals surface area contributed by atoms with Gasteiger partial charge in [-0.05, 0) is 44.7 Å². The number of pyridine rings is 1. The van der Waals surface area contributed by atoms with Gasteiger partial charge in [0.25, 0.3) is 6.43 Å². The summed E-state index contributed by atoms with van der Waals surface area (Å²) in [6.07, 6.45) is 3.24. The summed E-state index contributed by atoms with van der Waals surface area (Å²) in [6.45, 7) is 5.03. The molecule has 0 aromatic carbocycles. The summed E-state index contributed by atoms with van der Waals surface area (Å²) in [5, 5.41) is 10.8. The summed E-state index contributed by atoms with van der Waals surface area (Å²) >= 11 is 2.38. The topological polar surface area (TPSA) is 70.4 Å². The van der Waals surface area contributed by atoms with E-state index in [-0.39, 0.29) is 22.6 Å². The van der Waals surface area contributed by atoms with E-state index in [1.54, 1.807) is 18.1 Å². The number of piperazine rings is 1. The Morgan fingerprint density at radius 1 is 1.32 bits per heavy atom. The fraction of sp³-hybridized carbons (Fsp3) is 0.571. The molecule has 1 saturated carbocycles. The van der Waals surface area contributed by atoms with Crippen molar-refractivity contribution in [3.8, 4) is 10.8 Å². The van der Waals surface area contributed by atoms with E-state index in [0.29, 0.717) is 31.1 Å². The highest BCUT2D eigenvalue weighted by molar-refractivity contribution is 7.97. The number of aromatic nitrogens is 4. The first-order valence-electron chi connectivity index (χ1n) is 10.9. The molecule has 2 fully saturated rings. The lowest BCUT2D eigenvalue weighted by molar-refractivity contribution is 0.150. The van der Waals surface area contributed by atoms with E-state index >= 15 is 0 Å². The molecule has 0 radical (unpaired) electrons. The predicted molar refractivity (Wildman–Crippen MR) is 127 cm³/mol. The average molecular weight is 518 g/mol. The Balaban J connectivity index is 0.00000133. The lowest BCUT2D eigenvalue weighted by Crippen LogP contribution is -2.56. The van der Waals surface area contributed by atoms with Crippen LogP contribution < -0.4 is 14.9 Å². The molecule has 1 aliphatic heterocycles. The van der Waals surface area contributed by atoms with Crippen LogP contribution in [0, 0.1) is 0 Å². The van der Waals surface area contributed by atoms with E-state index in [1.807, 2.05) is 10.6 Å². The van der Waals surface area contributed by atoms with Crippen molar-refractivity contribution < 1.29 is 17.6 Å². The molecule has 2 aliphatic rings. The highest BCUT2D eigenvalue weighted by Crippen LogP contribution is 2.39. The maximum absolute atomic E-state index is 13.4. The van der Waals surface area contributed by atoms with Gasteiger partial charge in [0.15, 0.2) is 15.8 Å². The van der Waals surface area contributed by atoms with E-state index in [1.165, 1.54) is 0 Å². The minimum absolute atomic E-state index is 0.130. The Hall–Kier alpha value is -1.96. The highest BCUT2D eigenvalue weighted by atomic mass is 32.2. The van der Waals surface area contributed by atoms with Crippen LogP contribution in [0.2, 0.25) is 0 Å². The molecule has 2 atom stereocenters. The zero-order valence-electron chi connectivity index (χ0n) is 19.1. The number of imidazole rings is 1. The average Bonchev–Trinajstić information content (AvgIpc) is 3.22. The van der Waals surface area contributed by atoms with Gasteiger partial charge < -0.3 is 10.2 Å². The van der Waals surface area contributed by atoms with Crippen LogP contribution in [-0.4, -0.2) is 64.1 Å². The summed E-state index contributed by atoms with van der Waals surface area (Å²) in [7, 11) is 0.500. The van der Waals surface area contributed by atoms with Gasteiger partial charge in [0.1, 0.15) is 6.67 Å². The van der Waals surface area contributed by atoms with Crippen molar-refractivity contribution in [2.24, 2.45) is 0 Å². The zero-order valence-corrected chi connectivity index (χ0v) is 20.7. The summed E-state index contributed by atoms with van der Waals surface area (Å²) in [4.78, 5) is 7.65. The number of hydrogen-bond donors (Lipinski definition) is 2. The number of alkyl halides is 4. The first-order chi connectivity index (χ1) is 16.4. The van der Waals surface area contributed by atoms with E-state index < -0.39 is 13.1 Å². The molecule has 2 N–H and O–H groups in total. The zero-order chi connectivity index (χ0) is 24.5. The standard InChI is InChI=1S/C20H24F3N7S2.CH3F/c1-11-7-24-12(6-21)9-29(11)14-5-13(32-28-20(2)3-4-20)10-30-15(14)8-25-17(30)19-27-26-18(31-19)16(22)23;1-2/h5,8,10-12,16,24,28H,3-4,6-7,9H2,1-2H3;1H3/t11-,12-;/m0./s1. The Labute approximate surface area is 203 Å². The summed E-state index contributed by atoms with van der Waals surface area (Å²) in [5.41, 5.74) is 1.88. The smallest absolute Gasteiger partial charge is 0.291 e. The molecular formula is C21H27F4N7S2. The van der Waals surface area contributed by atoms with Crippen LogP contribution in [0.25, 0.3) is 16.3 Å². The Kier molecular flexibility index (Phi) is 7.65. The third-order valence-electron chi connectivity index (χ3n) is 5.98. The maximum Gasteiger partial charge on any atom is 0.291 e. The predicted octanol–water partition coefficient (Wildman–Crippen LogP) is 4.66. The Morgan fingerprint density at radius 2 is 2.09 bits per heavy atom. The van der Waals surface area contributed by atoms with Crippen molar-refractivity contribution in [3.63, 3.8) is 0 Å². The summed E-state index contributed by atoms with van der Waals surface area (Å²) in [6, 6.07) is 2.00. The number of halogens is 4. The lowest BCUT2D eigenvalue weighted by Gasteiger charge is -2.40. The highest BCUT2D eigenvalue weighted by Gasteiger charge is 2.37. The molecule has 4 heterocycles. The molecule has 0 bridgehead atoms. The molecule has 1 aliphatic carbocycles. The first kappa shape index (κ1) is 25.1. The normalized spacial score (nSPS) is 21.6. The maximum atomic E-state index is 13.4. The third-order valence-corrected chi connectivity index (χ3v) is 7.96. The lowest BCUT2D eigenvalue weighted by atomic mass is 10.1. The number of anilines is 1. The first-order valence-corrected chi connectivity index (χ1v) is 12.5. The van der Waals surface area contributed by atoms with E-state index in [9.17, 15) is 17.6 Å². The molecule has 5 rings (SSSR count). The molecule has 0 amide bonds. The quantitative estimate of drug-likeness (QED) is 0.349. The van der Waals surface area contributed by atoms with E-state index in [2.05, 4.69) is 50.0 Å². The van der Waals surface area contributed by atoms with Crippen molar-refractivity contribution in [1.29, 1.82) is 0 Å². The SMILES string of the molecule is CF.C[C@H]1CN[C@@H](CF)CN1c1cc(SNC2(C)CC2)cn2c(-c3nnc(C(F)F)s3)ncc12. The summed E-state index contributed by atoms with van der Waals surface area (Å²) < 4.78 is 54.5. The Bertz CT molecular complexity index is 1120. The fourth-order valence-electron chi connectivity index (χ4n) is 3.75. The van der Waals surface area contributed by atoms with Gasteiger partial charge in [-0.2, -0.15) is 0 Å². The van der Waals surface area contributed by atoms with Crippen molar-refractivity contribution in [2.45, 2.75) is 55.6 Å². The largest absolute Gasteiger partial charge is 0.364 e. The molecule has 186 valence electrons. The van der Waals surface area contributed by atoms with Gasteiger partial charge in [-0.15, -0.1) is 10.2 Å². The van der Waals surface area contributed by atoms with Gasteiger partial charge in [-0.25, -0.2) is 18.2 Å². The number of rotatable bonds is 7. The number of nitrogens with one attached hydrogen (secondary N) is 2. The second kappa shape index (κ2) is 10.3. The molecule has 7 nitrogen and oxygen atoms in total. The molecule has 13 heteroatoms. The molecule has 3 aromatic rings. The second-order valence-corrected chi connectivity index (χ2v) is 10.6. The number of hydrogen-bond acceptors (Lipinski definition) is 8. The van der Waals surface area contributed by atoms with Gasteiger partial charge >= 0.3 is 0 Å². The fourth-order valence-corrected chi connectivity index (χ4v) is 5.34. The number of nitrogens with zero attached hydrogens (tertiary/aromatic N) is 5. The van der Waals surface area contributed by atoms with Crippen LogP contribution in [0.4, 0.5) is 23.2 Å². The third kappa shape index (κ3) is 5.16. The van der Waals surface area contributed by atoms with Crippen molar-refractivity contribution >= 4 is 34.5 Å². The van der Waals surface area contributed by atoms with Gasteiger partial charge in [0.2, 0.25) is 0 Å². The van der Waals surface area contributed by atoms with Crippen molar-refractivity contribution in [2.75, 3.05) is 31.8 Å². The van der Waals surface area contributed by atoms with Gasteiger partial charge in [0.05, 0.1) is 30.6 Å². The molecule has 1 saturated heterocycles. The number of fused-ring (bicyclic) bond motifs is 1. The van der Waals surface area contributed by atoms with Gasteiger partial charge in [-0.1, -0.05) is 11.3 Å². The van der Waals surface area contributed by atoms with Crippen LogP contribution in [0.1, 0.15) is 38.1 Å². The van der Waals surface area contributed by atoms with Crippen LogP contribution in [0.5, 0.6) is 0 Å². The minimum atomic E-state index is -2.67. The van der Waals surface area contributed by atoms with Crippen LogP contribution in [0.15, 0.2) is 23.4 Å². The van der Waals surface area contributed by atoms with Gasteiger partial charge in [0, 0.05) is 35.8 Å². The van der Waals surface area contributed by atoms with Crippen molar-refractivity contribution in [1.82, 2.24) is 29.6 Å². The molecular weight excluding hydrogens is 490 g/mol. The van der Waals surface area contributed by atoms with Crippen LogP contribution in [0.3, 0.4) is 0 Å². The monoisotopic (exact) mass is 517 g/mol.